The number of benzene rings is 1. The van der Waals surface area contributed by atoms with Crippen molar-refractivity contribution in [1.82, 2.24) is 0 Å². The van der Waals surface area contributed by atoms with Gasteiger partial charge in [0.15, 0.2) is 0 Å². The summed E-state index contributed by atoms with van der Waals surface area (Å²) in [5.74, 6) is 0. The van der Waals surface area contributed by atoms with Gasteiger partial charge in [-0.15, -0.1) is 0 Å². The minimum absolute atomic E-state index is 0.131. The highest BCUT2D eigenvalue weighted by Gasteiger charge is 2.14. The number of hydrogen-bond donors (Lipinski definition) is 0. The van der Waals surface area contributed by atoms with Crippen LogP contribution in [0.1, 0.15) is 31.4 Å². The van der Waals surface area contributed by atoms with Crippen molar-refractivity contribution in [3.05, 3.63) is 74.6 Å². The Kier molecular flexibility index (Phi) is 7.24. The third-order valence-electron chi connectivity index (χ3n) is 3.16. The highest BCUT2D eigenvalue weighted by Crippen LogP contribution is 2.24. The van der Waals surface area contributed by atoms with Gasteiger partial charge in [0.05, 0.1) is 21.9 Å². The molecule has 1 aromatic rings. The van der Waals surface area contributed by atoms with Gasteiger partial charge in [-0.25, -0.2) is 0 Å². The number of aryl methyl sites for hydroxylation is 2. The molecule has 6 heteroatoms. The van der Waals surface area contributed by atoms with Crippen molar-refractivity contribution < 1.29 is 4.92 Å². The van der Waals surface area contributed by atoms with Crippen LogP contribution in [0.4, 0.5) is 5.69 Å². The smallest absolute Gasteiger partial charge is 0.258 e. The lowest BCUT2D eigenvalue weighted by molar-refractivity contribution is -0.419. The molecule has 124 valence electrons. The molecule has 24 heavy (non-hydrogen) atoms. The van der Waals surface area contributed by atoms with Crippen molar-refractivity contribution in [2.75, 3.05) is 0 Å². The summed E-state index contributed by atoms with van der Waals surface area (Å²) < 4.78 is 0. The van der Waals surface area contributed by atoms with Crippen molar-refractivity contribution in [2.45, 2.75) is 34.1 Å². The van der Waals surface area contributed by atoms with E-state index in [4.69, 9.17) is 5.26 Å². The molecule has 0 heterocycles. The van der Waals surface area contributed by atoms with Gasteiger partial charge < -0.3 is 0 Å². The number of rotatable bonds is 3. The zero-order valence-electron chi connectivity index (χ0n) is 14.3. The van der Waals surface area contributed by atoms with Crippen LogP contribution >= 0.6 is 0 Å². The predicted octanol–water partition coefficient (Wildman–Crippen LogP) is 5.31. The second kappa shape index (κ2) is 9.16. The maximum Gasteiger partial charge on any atom is 0.270 e. The third-order valence-corrected chi connectivity index (χ3v) is 3.16. The van der Waals surface area contributed by atoms with E-state index in [1.54, 1.807) is 6.08 Å². The van der Waals surface area contributed by atoms with Gasteiger partial charge >= 0.3 is 0 Å². The van der Waals surface area contributed by atoms with E-state index in [2.05, 4.69) is 10.2 Å². The van der Waals surface area contributed by atoms with Crippen LogP contribution < -0.4 is 0 Å². The molecular formula is C18H20N4O2. The lowest BCUT2D eigenvalue weighted by Gasteiger charge is -2.01. The Hall–Kier alpha value is -3.07. The van der Waals surface area contributed by atoms with Gasteiger partial charge in [-0.1, -0.05) is 37.6 Å². The fourth-order valence-corrected chi connectivity index (χ4v) is 2.02. The monoisotopic (exact) mass is 324 g/mol. The lowest BCUT2D eigenvalue weighted by atomic mass is 10.1. The first-order valence-corrected chi connectivity index (χ1v) is 7.66. The van der Waals surface area contributed by atoms with Gasteiger partial charge in [0.1, 0.15) is 6.07 Å². The molecule has 0 aliphatic heterocycles. The second-order valence-corrected chi connectivity index (χ2v) is 4.89. The zero-order chi connectivity index (χ0) is 18.1. The van der Waals surface area contributed by atoms with Gasteiger partial charge in [-0.2, -0.15) is 15.5 Å². The highest BCUT2D eigenvalue weighted by molar-refractivity contribution is 5.47. The summed E-state index contributed by atoms with van der Waals surface area (Å²) >= 11 is 0. The molecule has 0 saturated heterocycles. The van der Waals surface area contributed by atoms with Gasteiger partial charge in [-0.05, 0) is 25.5 Å². The van der Waals surface area contributed by atoms with Crippen LogP contribution in [0.3, 0.4) is 0 Å². The topological polar surface area (TPSA) is 91.7 Å². The summed E-state index contributed by atoms with van der Waals surface area (Å²) in [5.41, 5.74) is 3.26. The number of nitriles is 1. The molecule has 1 aliphatic rings. The van der Waals surface area contributed by atoms with E-state index >= 15 is 0 Å². The van der Waals surface area contributed by atoms with Crippen LogP contribution in [0.5, 0.6) is 0 Å². The van der Waals surface area contributed by atoms with Gasteiger partial charge in [0, 0.05) is 18.6 Å². The van der Waals surface area contributed by atoms with Gasteiger partial charge in [0.25, 0.3) is 5.70 Å². The summed E-state index contributed by atoms with van der Waals surface area (Å²) in [6.07, 6.45) is 4.53. The summed E-state index contributed by atoms with van der Waals surface area (Å²) in [6, 6.07) is 7.72. The van der Waals surface area contributed by atoms with Crippen molar-refractivity contribution in [2.24, 2.45) is 10.2 Å². The van der Waals surface area contributed by atoms with E-state index in [0.717, 1.165) is 11.1 Å². The van der Waals surface area contributed by atoms with E-state index < -0.39 is 4.92 Å². The van der Waals surface area contributed by atoms with Crippen LogP contribution in [0.15, 0.2) is 63.6 Å². The highest BCUT2D eigenvalue weighted by atomic mass is 16.6. The predicted molar refractivity (Wildman–Crippen MR) is 93.3 cm³/mol. The molecule has 6 nitrogen and oxygen atoms in total. The summed E-state index contributed by atoms with van der Waals surface area (Å²) in [7, 11) is 0. The molecule has 0 aromatic heterocycles. The molecule has 0 unspecified atom stereocenters. The minimum atomic E-state index is -0.530. The molecule has 0 fully saturated rings. The molecule has 0 atom stereocenters. The van der Waals surface area contributed by atoms with Crippen LogP contribution in [-0.2, 0) is 0 Å². The van der Waals surface area contributed by atoms with Crippen LogP contribution in [0.2, 0.25) is 0 Å². The minimum Gasteiger partial charge on any atom is -0.258 e. The molecule has 0 bridgehead atoms. The van der Waals surface area contributed by atoms with E-state index in [-0.39, 0.29) is 11.3 Å². The number of allylic oxidation sites excluding steroid dienone is 4. The van der Waals surface area contributed by atoms with E-state index in [1.807, 2.05) is 52.0 Å². The summed E-state index contributed by atoms with van der Waals surface area (Å²) in [4.78, 5) is 10.3. The largest absolute Gasteiger partial charge is 0.270 e. The Bertz CT molecular complexity index is 781. The molecule has 0 spiro atoms. The standard InChI is InChI=1S/C16H14N4O2.C2H6/c1-11-6-7-15(12(2)8-11)18-19-16-5-3-4-14(20(21)22)9-13(16)10-17;1-2/h3-4,6-9H,5H2,1-2H3;1-2H3. The fourth-order valence-electron chi connectivity index (χ4n) is 2.02. The van der Waals surface area contributed by atoms with Crippen molar-refractivity contribution in [1.29, 1.82) is 5.26 Å². The van der Waals surface area contributed by atoms with Gasteiger partial charge in [-0.3, -0.25) is 10.1 Å². The first-order chi connectivity index (χ1) is 11.5. The quantitative estimate of drug-likeness (QED) is 0.428. The fraction of sp³-hybridized carbons (Fsp3) is 0.278. The van der Waals surface area contributed by atoms with Crippen LogP contribution in [0.25, 0.3) is 0 Å². The number of nitro groups is 1. The molecule has 0 amide bonds. The van der Waals surface area contributed by atoms with E-state index in [0.29, 0.717) is 17.8 Å². The normalized spacial score (nSPS) is 13.7. The average molecular weight is 324 g/mol. The van der Waals surface area contributed by atoms with Crippen LogP contribution in [0, 0.1) is 35.3 Å². The SMILES string of the molecule is CC.Cc1ccc(N=NC2=C(C#N)C=C([N+](=O)[O-])C=CC2)c(C)c1. The summed E-state index contributed by atoms with van der Waals surface area (Å²) in [5, 5.41) is 28.3. The molecule has 1 aromatic carbocycles. The second-order valence-electron chi connectivity index (χ2n) is 4.89. The van der Waals surface area contributed by atoms with E-state index in [1.165, 1.54) is 12.2 Å². The first-order valence-electron chi connectivity index (χ1n) is 7.66. The Labute approximate surface area is 141 Å². The average Bonchev–Trinajstić information content (AvgIpc) is 2.78. The van der Waals surface area contributed by atoms with Crippen molar-refractivity contribution in [3.8, 4) is 6.07 Å². The molecule has 0 saturated carbocycles. The molecule has 2 rings (SSSR count). The maximum absolute atomic E-state index is 10.8. The van der Waals surface area contributed by atoms with Crippen molar-refractivity contribution in [3.63, 3.8) is 0 Å². The first kappa shape index (κ1) is 19.0. The molecule has 0 N–H and O–H groups in total. The number of nitrogens with zero attached hydrogens (tertiary/aromatic N) is 4. The number of azo groups is 1. The molecule has 1 aliphatic carbocycles. The summed E-state index contributed by atoms with van der Waals surface area (Å²) in [6.45, 7) is 7.92. The molecular weight excluding hydrogens is 304 g/mol. The Morgan fingerprint density at radius 3 is 2.54 bits per heavy atom. The number of hydrogen-bond acceptors (Lipinski definition) is 5. The zero-order valence-corrected chi connectivity index (χ0v) is 14.3. The Morgan fingerprint density at radius 2 is 1.96 bits per heavy atom. The third kappa shape index (κ3) is 4.99. The lowest BCUT2D eigenvalue weighted by Crippen LogP contribution is -1.95. The van der Waals surface area contributed by atoms with E-state index in [9.17, 15) is 10.1 Å². The Morgan fingerprint density at radius 1 is 1.25 bits per heavy atom. The van der Waals surface area contributed by atoms with Crippen molar-refractivity contribution >= 4 is 5.69 Å². The van der Waals surface area contributed by atoms with Gasteiger partial charge in [0.2, 0.25) is 0 Å². The van der Waals surface area contributed by atoms with Crippen LogP contribution in [-0.4, -0.2) is 4.92 Å². The molecule has 0 radical (unpaired) electrons. The Balaban J connectivity index is 0.00000139. The maximum atomic E-state index is 10.8.